The second-order valence-corrected chi connectivity index (χ2v) is 4.77. The van der Waals surface area contributed by atoms with Crippen LogP contribution in [0.4, 0.5) is 0 Å². The smallest absolute Gasteiger partial charge is 0.140 e. The van der Waals surface area contributed by atoms with Crippen molar-refractivity contribution in [1.29, 1.82) is 0 Å². The topological polar surface area (TPSA) is 21.1 Å². The largest absolute Gasteiger partial charge is 0.327 e. The Bertz CT molecular complexity index is 513. The lowest BCUT2D eigenvalue weighted by Crippen LogP contribution is -2.38. The highest BCUT2D eigenvalue weighted by Gasteiger charge is 2.20. The summed E-state index contributed by atoms with van der Waals surface area (Å²) in [6, 6.07) is 7.05. The molecule has 0 radical (unpaired) electrons. The van der Waals surface area contributed by atoms with Gasteiger partial charge >= 0.3 is 0 Å². The Morgan fingerprint density at radius 1 is 1.31 bits per heavy atom. The zero-order valence-corrected chi connectivity index (χ0v) is 9.85. The summed E-state index contributed by atoms with van der Waals surface area (Å²) >= 11 is 0. The first kappa shape index (κ1) is 9.85. The van der Waals surface area contributed by atoms with Crippen LogP contribution in [-0.4, -0.2) is 27.0 Å². The summed E-state index contributed by atoms with van der Waals surface area (Å²) in [4.78, 5) is 6.98. The Balaban J connectivity index is 2.06. The van der Waals surface area contributed by atoms with Crippen molar-refractivity contribution >= 4 is 11.0 Å². The molecule has 2 aromatic heterocycles. The van der Waals surface area contributed by atoms with E-state index in [-0.39, 0.29) is 0 Å². The van der Waals surface area contributed by atoms with Crippen LogP contribution in [0.25, 0.3) is 11.0 Å². The Kier molecular flexibility index (Phi) is 2.21. The second-order valence-electron chi connectivity index (χ2n) is 4.77. The number of nitrogens with zero attached hydrogens (tertiary/aromatic N) is 3. The van der Waals surface area contributed by atoms with Crippen molar-refractivity contribution in [2.45, 2.75) is 33.0 Å². The van der Waals surface area contributed by atoms with Crippen LogP contribution in [0.5, 0.6) is 0 Å². The van der Waals surface area contributed by atoms with Gasteiger partial charge in [-0.25, -0.2) is 4.98 Å². The Morgan fingerprint density at radius 3 is 3.00 bits per heavy atom. The summed E-state index contributed by atoms with van der Waals surface area (Å²) < 4.78 is 2.36. The first-order chi connectivity index (χ1) is 7.75. The average Bonchev–Trinajstić information content (AvgIpc) is 2.66. The van der Waals surface area contributed by atoms with Gasteiger partial charge in [0.1, 0.15) is 5.65 Å². The zero-order valence-electron chi connectivity index (χ0n) is 9.85. The van der Waals surface area contributed by atoms with Crippen LogP contribution in [0.3, 0.4) is 0 Å². The lowest BCUT2D eigenvalue weighted by atomic mass is 10.2. The quantitative estimate of drug-likeness (QED) is 0.727. The molecule has 0 saturated heterocycles. The van der Waals surface area contributed by atoms with Gasteiger partial charge in [0.25, 0.3) is 0 Å². The molecular weight excluding hydrogens is 198 g/mol. The van der Waals surface area contributed by atoms with Crippen LogP contribution in [0.2, 0.25) is 0 Å². The molecule has 0 aromatic carbocycles. The van der Waals surface area contributed by atoms with E-state index in [1.807, 2.05) is 12.3 Å². The molecule has 0 saturated carbocycles. The van der Waals surface area contributed by atoms with E-state index in [0.717, 1.165) is 25.3 Å². The molecule has 0 spiro atoms. The molecule has 1 aliphatic rings. The fourth-order valence-corrected chi connectivity index (χ4v) is 2.48. The molecule has 0 atom stereocenters. The summed E-state index contributed by atoms with van der Waals surface area (Å²) in [5.74, 6) is 0. The van der Waals surface area contributed by atoms with Gasteiger partial charge in [-0.05, 0) is 32.0 Å². The van der Waals surface area contributed by atoms with Gasteiger partial charge in [0, 0.05) is 43.0 Å². The molecule has 0 amide bonds. The highest BCUT2D eigenvalue weighted by atomic mass is 15.2. The van der Waals surface area contributed by atoms with Crippen LogP contribution < -0.4 is 0 Å². The first-order valence-electron chi connectivity index (χ1n) is 5.93. The maximum atomic E-state index is 4.47. The Labute approximate surface area is 95.7 Å². The summed E-state index contributed by atoms with van der Waals surface area (Å²) in [6.45, 7) is 7.76. The van der Waals surface area contributed by atoms with E-state index in [9.17, 15) is 0 Å². The third-order valence-corrected chi connectivity index (χ3v) is 3.45. The molecule has 84 valence electrons. The van der Waals surface area contributed by atoms with Crippen LogP contribution in [0.1, 0.15) is 19.5 Å². The molecular formula is C13H17N3. The Hall–Kier alpha value is -1.35. The zero-order chi connectivity index (χ0) is 11.1. The number of hydrogen-bond acceptors (Lipinski definition) is 2. The minimum atomic E-state index is 0.625. The molecule has 1 aliphatic heterocycles. The van der Waals surface area contributed by atoms with E-state index in [1.54, 1.807) is 0 Å². The van der Waals surface area contributed by atoms with E-state index in [2.05, 4.69) is 40.4 Å². The molecule has 0 unspecified atom stereocenters. The molecule has 2 aromatic rings. The lowest BCUT2D eigenvalue weighted by Gasteiger charge is -2.31. The fourth-order valence-electron chi connectivity index (χ4n) is 2.48. The van der Waals surface area contributed by atoms with Crippen molar-refractivity contribution in [3.63, 3.8) is 0 Å². The molecule has 3 heterocycles. The lowest BCUT2D eigenvalue weighted by molar-refractivity contribution is 0.178. The van der Waals surface area contributed by atoms with E-state index in [1.165, 1.54) is 11.1 Å². The predicted molar refractivity (Wildman–Crippen MR) is 65.3 cm³/mol. The highest BCUT2D eigenvalue weighted by molar-refractivity contribution is 5.77. The van der Waals surface area contributed by atoms with E-state index in [0.29, 0.717) is 6.04 Å². The van der Waals surface area contributed by atoms with Gasteiger partial charge in [-0.1, -0.05) is 0 Å². The second kappa shape index (κ2) is 3.59. The summed E-state index contributed by atoms with van der Waals surface area (Å²) in [6.07, 6.45) is 1.88. The SMILES string of the molecule is CC(C)N1CCn2c(cc3cccnc32)C1. The molecule has 0 bridgehead atoms. The van der Waals surface area contributed by atoms with Crippen molar-refractivity contribution in [2.24, 2.45) is 0 Å². The van der Waals surface area contributed by atoms with E-state index in [4.69, 9.17) is 0 Å². The van der Waals surface area contributed by atoms with Gasteiger partial charge in [0.15, 0.2) is 0 Å². The van der Waals surface area contributed by atoms with Crippen molar-refractivity contribution in [2.75, 3.05) is 6.54 Å². The minimum absolute atomic E-state index is 0.625. The number of pyridine rings is 1. The van der Waals surface area contributed by atoms with Crippen molar-refractivity contribution in [3.05, 3.63) is 30.1 Å². The summed E-state index contributed by atoms with van der Waals surface area (Å²) in [7, 11) is 0. The van der Waals surface area contributed by atoms with Gasteiger partial charge in [-0.2, -0.15) is 0 Å². The number of hydrogen-bond donors (Lipinski definition) is 0. The minimum Gasteiger partial charge on any atom is -0.327 e. The third-order valence-electron chi connectivity index (χ3n) is 3.45. The summed E-state index contributed by atoms with van der Waals surface area (Å²) in [5, 5.41) is 1.27. The van der Waals surface area contributed by atoms with Crippen molar-refractivity contribution in [1.82, 2.24) is 14.5 Å². The van der Waals surface area contributed by atoms with Crippen LogP contribution >= 0.6 is 0 Å². The average molecular weight is 215 g/mol. The fraction of sp³-hybridized carbons (Fsp3) is 0.462. The maximum absolute atomic E-state index is 4.47. The monoisotopic (exact) mass is 215 g/mol. The normalized spacial score (nSPS) is 16.9. The predicted octanol–water partition coefficient (Wildman–Crippen LogP) is 2.26. The molecule has 3 nitrogen and oxygen atoms in total. The summed E-state index contributed by atoms with van der Waals surface area (Å²) in [5.41, 5.74) is 2.54. The third kappa shape index (κ3) is 1.43. The maximum Gasteiger partial charge on any atom is 0.140 e. The molecule has 16 heavy (non-hydrogen) atoms. The van der Waals surface area contributed by atoms with Gasteiger partial charge in [-0.3, -0.25) is 4.90 Å². The Morgan fingerprint density at radius 2 is 2.19 bits per heavy atom. The van der Waals surface area contributed by atoms with Crippen LogP contribution in [0, 0.1) is 0 Å². The van der Waals surface area contributed by atoms with E-state index >= 15 is 0 Å². The number of fused-ring (bicyclic) bond motifs is 3. The van der Waals surface area contributed by atoms with Gasteiger partial charge in [-0.15, -0.1) is 0 Å². The molecule has 3 heteroatoms. The molecule has 0 fully saturated rings. The number of aromatic nitrogens is 2. The van der Waals surface area contributed by atoms with E-state index < -0.39 is 0 Å². The van der Waals surface area contributed by atoms with Crippen LogP contribution in [0.15, 0.2) is 24.4 Å². The van der Waals surface area contributed by atoms with Crippen LogP contribution in [-0.2, 0) is 13.1 Å². The molecule has 0 aliphatic carbocycles. The highest BCUT2D eigenvalue weighted by Crippen LogP contribution is 2.23. The van der Waals surface area contributed by atoms with Crippen molar-refractivity contribution in [3.8, 4) is 0 Å². The van der Waals surface area contributed by atoms with Gasteiger partial charge in [0.2, 0.25) is 0 Å². The van der Waals surface area contributed by atoms with Crippen molar-refractivity contribution < 1.29 is 0 Å². The van der Waals surface area contributed by atoms with Gasteiger partial charge < -0.3 is 4.57 Å². The van der Waals surface area contributed by atoms with Gasteiger partial charge in [0.05, 0.1) is 0 Å². The number of rotatable bonds is 1. The first-order valence-corrected chi connectivity index (χ1v) is 5.93. The standard InChI is InChI=1S/C13H17N3/c1-10(2)15-6-7-16-12(9-15)8-11-4-3-5-14-13(11)16/h3-5,8,10H,6-7,9H2,1-2H3. The molecule has 0 N–H and O–H groups in total. The molecule has 3 rings (SSSR count).